The van der Waals surface area contributed by atoms with Crippen LogP contribution in [0.15, 0.2) is 55.0 Å². The van der Waals surface area contributed by atoms with Gasteiger partial charge in [-0.15, -0.1) is 0 Å². The Kier molecular flexibility index (Phi) is 6.92. The molecule has 11 heteroatoms. The van der Waals surface area contributed by atoms with E-state index in [-0.39, 0.29) is 24.7 Å². The molecule has 0 saturated heterocycles. The fourth-order valence-electron chi connectivity index (χ4n) is 4.31. The number of amides is 2. The van der Waals surface area contributed by atoms with Gasteiger partial charge in [0, 0.05) is 36.2 Å². The van der Waals surface area contributed by atoms with E-state index in [0.29, 0.717) is 41.1 Å². The molecule has 0 atom stereocenters. The molecule has 2 amide bonds. The van der Waals surface area contributed by atoms with E-state index in [1.807, 2.05) is 35.0 Å². The molecule has 1 aliphatic heterocycles. The first-order chi connectivity index (χ1) is 18.2. The van der Waals surface area contributed by atoms with Gasteiger partial charge in [0.05, 0.1) is 29.0 Å². The molecule has 3 heterocycles. The first-order valence-corrected chi connectivity index (χ1v) is 12.5. The van der Waals surface area contributed by atoms with Crippen molar-refractivity contribution in [3.8, 4) is 11.5 Å². The number of nitrogens with zero attached hydrogens (tertiary/aromatic N) is 3. The van der Waals surface area contributed by atoms with E-state index >= 15 is 0 Å². The van der Waals surface area contributed by atoms with Crippen LogP contribution in [-0.2, 0) is 22.6 Å². The summed E-state index contributed by atoms with van der Waals surface area (Å²) in [6, 6.07) is 12.7. The standard InChI is InChI=1S/C27H27ClN6O4/c1-27(2,37)14-24(36)29-9-11-34-10-8-20-25(34)26(31-15-30-20)32-16-6-7-22(18(28)12-16)38-21-5-3-4-19-17(21)13-23(35)33-19/h3-8,10,12,15,37H,9,11,13-14H2,1-2H3,(H,29,36)(H,33,35)(H,30,31,32). The lowest BCUT2D eigenvalue weighted by atomic mass is 10.1. The molecule has 5 rings (SSSR count). The number of fused-ring (bicyclic) bond motifs is 2. The second-order valence-corrected chi connectivity index (χ2v) is 10.1. The van der Waals surface area contributed by atoms with Gasteiger partial charge in [0.25, 0.3) is 0 Å². The molecule has 0 bridgehead atoms. The van der Waals surface area contributed by atoms with Gasteiger partial charge in [0.15, 0.2) is 5.82 Å². The summed E-state index contributed by atoms with van der Waals surface area (Å²) in [6.45, 7) is 4.07. The maximum Gasteiger partial charge on any atom is 0.229 e. The second kappa shape index (κ2) is 10.3. The van der Waals surface area contributed by atoms with E-state index < -0.39 is 5.60 Å². The Bertz CT molecular complexity index is 1530. The average molecular weight is 535 g/mol. The number of nitrogens with one attached hydrogen (secondary N) is 3. The van der Waals surface area contributed by atoms with E-state index in [1.165, 1.54) is 6.33 Å². The van der Waals surface area contributed by atoms with Crippen molar-refractivity contribution >= 4 is 51.6 Å². The van der Waals surface area contributed by atoms with Crippen molar-refractivity contribution in [3.63, 3.8) is 0 Å². The van der Waals surface area contributed by atoms with Crippen molar-refractivity contribution in [2.24, 2.45) is 0 Å². The Morgan fingerprint density at radius 1 is 1.21 bits per heavy atom. The van der Waals surface area contributed by atoms with Gasteiger partial charge in [0.1, 0.15) is 23.3 Å². The van der Waals surface area contributed by atoms with Gasteiger partial charge < -0.3 is 30.4 Å². The molecule has 0 radical (unpaired) electrons. The SMILES string of the molecule is CC(C)(O)CC(=O)NCCn1ccc2ncnc(Nc3ccc(Oc4cccc5c4CC(=O)N5)c(Cl)c3)c21. The Hall–Kier alpha value is -4.15. The lowest BCUT2D eigenvalue weighted by molar-refractivity contribution is -0.125. The fraction of sp³-hybridized carbons (Fsp3) is 0.259. The summed E-state index contributed by atoms with van der Waals surface area (Å²) < 4.78 is 8.00. The zero-order valence-electron chi connectivity index (χ0n) is 20.9. The third-order valence-corrected chi connectivity index (χ3v) is 6.27. The van der Waals surface area contributed by atoms with E-state index in [0.717, 1.165) is 22.3 Å². The van der Waals surface area contributed by atoms with Gasteiger partial charge in [-0.2, -0.15) is 0 Å². The summed E-state index contributed by atoms with van der Waals surface area (Å²) in [7, 11) is 0. The Morgan fingerprint density at radius 3 is 2.84 bits per heavy atom. The molecule has 0 unspecified atom stereocenters. The van der Waals surface area contributed by atoms with Crippen molar-refractivity contribution in [1.29, 1.82) is 0 Å². The first kappa shape index (κ1) is 25.5. The maximum atomic E-state index is 12.0. The molecule has 0 saturated carbocycles. The Morgan fingerprint density at radius 2 is 2.05 bits per heavy atom. The van der Waals surface area contributed by atoms with Gasteiger partial charge in [-0.1, -0.05) is 17.7 Å². The molecule has 1 aliphatic rings. The predicted molar refractivity (Wildman–Crippen MR) is 145 cm³/mol. The molecule has 4 aromatic rings. The van der Waals surface area contributed by atoms with Crippen LogP contribution >= 0.6 is 11.6 Å². The average Bonchev–Trinajstić information content (AvgIpc) is 3.43. The highest BCUT2D eigenvalue weighted by Crippen LogP contribution is 2.38. The van der Waals surface area contributed by atoms with Crippen LogP contribution in [0.3, 0.4) is 0 Å². The highest BCUT2D eigenvalue weighted by Gasteiger charge is 2.22. The van der Waals surface area contributed by atoms with Crippen LogP contribution < -0.4 is 20.7 Å². The molecule has 10 nitrogen and oxygen atoms in total. The summed E-state index contributed by atoms with van der Waals surface area (Å²) in [5.41, 5.74) is 2.71. The van der Waals surface area contributed by atoms with Crippen LogP contribution in [0.5, 0.6) is 11.5 Å². The van der Waals surface area contributed by atoms with Crippen LogP contribution in [-0.4, -0.2) is 43.6 Å². The van der Waals surface area contributed by atoms with Crippen molar-refractivity contribution in [1.82, 2.24) is 19.9 Å². The van der Waals surface area contributed by atoms with E-state index in [2.05, 4.69) is 25.9 Å². The monoisotopic (exact) mass is 534 g/mol. The van der Waals surface area contributed by atoms with Gasteiger partial charge in [-0.3, -0.25) is 9.59 Å². The number of carbonyl (C=O) groups excluding carboxylic acids is 2. The van der Waals surface area contributed by atoms with Crippen LogP contribution in [0.25, 0.3) is 11.0 Å². The van der Waals surface area contributed by atoms with E-state index in [9.17, 15) is 14.7 Å². The lowest BCUT2D eigenvalue weighted by Crippen LogP contribution is -2.33. The largest absolute Gasteiger partial charge is 0.455 e. The normalized spacial score (nSPS) is 12.8. The quantitative estimate of drug-likeness (QED) is 0.250. The van der Waals surface area contributed by atoms with Crippen LogP contribution in [0, 0.1) is 0 Å². The predicted octanol–water partition coefficient (Wildman–Crippen LogP) is 4.39. The number of hydrogen-bond acceptors (Lipinski definition) is 7. The highest BCUT2D eigenvalue weighted by atomic mass is 35.5. The topological polar surface area (TPSA) is 130 Å². The summed E-state index contributed by atoms with van der Waals surface area (Å²) in [5, 5.41) is 19.1. The number of anilines is 3. The van der Waals surface area contributed by atoms with Crippen molar-refractivity contribution in [2.75, 3.05) is 17.2 Å². The number of ether oxygens (including phenoxy) is 1. The van der Waals surface area contributed by atoms with Gasteiger partial charge in [0.2, 0.25) is 11.8 Å². The lowest BCUT2D eigenvalue weighted by Gasteiger charge is -2.16. The molecule has 2 aromatic heterocycles. The molecule has 0 fully saturated rings. The molecule has 2 aromatic carbocycles. The molecule has 0 spiro atoms. The fourth-order valence-corrected chi connectivity index (χ4v) is 4.53. The third-order valence-electron chi connectivity index (χ3n) is 5.98. The number of halogens is 1. The van der Waals surface area contributed by atoms with Crippen LogP contribution in [0.4, 0.5) is 17.2 Å². The number of rotatable bonds is 9. The van der Waals surface area contributed by atoms with Crippen LogP contribution in [0.2, 0.25) is 5.02 Å². The Labute approximate surface area is 224 Å². The number of aliphatic hydroxyl groups is 1. The zero-order chi connectivity index (χ0) is 26.9. The van der Waals surface area contributed by atoms with Gasteiger partial charge >= 0.3 is 0 Å². The summed E-state index contributed by atoms with van der Waals surface area (Å²) in [4.78, 5) is 32.6. The number of benzene rings is 2. The maximum absolute atomic E-state index is 12.0. The van der Waals surface area contributed by atoms with E-state index in [4.69, 9.17) is 16.3 Å². The van der Waals surface area contributed by atoms with Crippen molar-refractivity contribution in [3.05, 3.63) is 65.6 Å². The zero-order valence-corrected chi connectivity index (χ0v) is 21.7. The minimum Gasteiger partial charge on any atom is -0.455 e. The molecule has 0 aliphatic carbocycles. The molecular weight excluding hydrogens is 508 g/mol. The van der Waals surface area contributed by atoms with Crippen molar-refractivity contribution < 1.29 is 19.4 Å². The smallest absolute Gasteiger partial charge is 0.229 e. The molecule has 4 N–H and O–H groups in total. The first-order valence-electron chi connectivity index (χ1n) is 12.1. The summed E-state index contributed by atoms with van der Waals surface area (Å²) >= 11 is 6.55. The van der Waals surface area contributed by atoms with Gasteiger partial charge in [-0.05, 0) is 50.2 Å². The van der Waals surface area contributed by atoms with E-state index in [1.54, 1.807) is 32.0 Å². The summed E-state index contributed by atoms with van der Waals surface area (Å²) in [6.07, 6.45) is 3.64. The summed E-state index contributed by atoms with van der Waals surface area (Å²) in [5.74, 6) is 1.33. The molecule has 38 heavy (non-hydrogen) atoms. The highest BCUT2D eigenvalue weighted by molar-refractivity contribution is 6.32. The number of aromatic nitrogens is 3. The third kappa shape index (κ3) is 5.71. The second-order valence-electron chi connectivity index (χ2n) is 9.68. The Balaban J connectivity index is 1.30. The molecule has 196 valence electrons. The molecular formula is C27H27ClN6O4. The number of carbonyl (C=O) groups is 2. The van der Waals surface area contributed by atoms with Gasteiger partial charge in [-0.25, -0.2) is 9.97 Å². The van der Waals surface area contributed by atoms with Crippen molar-refractivity contribution in [2.45, 2.75) is 38.8 Å². The van der Waals surface area contributed by atoms with Crippen LogP contribution in [0.1, 0.15) is 25.8 Å². The minimum atomic E-state index is -1.06. The minimum absolute atomic E-state index is 0.0254. The number of hydrogen-bond donors (Lipinski definition) is 4.